The summed E-state index contributed by atoms with van der Waals surface area (Å²) in [6.45, 7) is 2.44. The third kappa shape index (κ3) is 4.22. The van der Waals surface area contributed by atoms with Crippen molar-refractivity contribution < 1.29 is 27.4 Å². The third-order valence-corrected chi connectivity index (χ3v) is 6.45. The Morgan fingerprint density at radius 1 is 1.07 bits per heavy atom. The maximum absolute atomic E-state index is 12.8. The molecule has 0 radical (unpaired) electrons. The van der Waals surface area contributed by atoms with E-state index in [-0.39, 0.29) is 17.3 Å². The number of carbonyl (C=O) groups excluding carboxylic acids is 1. The molecule has 162 valence electrons. The van der Waals surface area contributed by atoms with Crippen LogP contribution in [0.15, 0.2) is 35.2 Å². The van der Waals surface area contributed by atoms with Crippen LogP contribution in [0.4, 0.5) is 5.69 Å². The molecule has 0 saturated heterocycles. The lowest BCUT2D eigenvalue weighted by molar-refractivity contribution is -0.118. The second-order valence-electron chi connectivity index (χ2n) is 6.80. The van der Waals surface area contributed by atoms with Crippen molar-refractivity contribution in [1.29, 1.82) is 0 Å². The first-order valence-corrected chi connectivity index (χ1v) is 11.0. The van der Waals surface area contributed by atoms with Gasteiger partial charge in [0.15, 0.2) is 11.5 Å². The Bertz CT molecular complexity index is 1030. The molecule has 1 aliphatic rings. The highest BCUT2D eigenvalue weighted by Crippen LogP contribution is 2.38. The Kier molecular flexibility index (Phi) is 6.52. The van der Waals surface area contributed by atoms with Gasteiger partial charge in [0.05, 0.1) is 26.2 Å². The minimum Gasteiger partial charge on any atom is -0.493 e. The molecule has 1 aliphatic heterocycles. The fraction of sp³-hybridized carbons (Fsp3) is 0.381. The van der Waals surface area contributed by atoms with E-state index >= 15 is 0 Å². The van der Waals surface area contributed by atoms with Crippen LogP contribution in [-0.2, 0) is 27.8 Å². The minimum atomic E-state index is -3.74. The molecule has 2 aromatic rings. The number of hydrogen-bond acceptors (Lipinski definition) is 6. The van der Waals surface area contributed by atoms with Crippen LogP contribution in [0.2, 0.25) is 0 Å². The van der Waals surface area contributed by atoms with Crippen molar-refractivity contribution in [2.24, 2.45) is 0 Å². The highest BCUT2D eigenvalue weighted by atomic mass is 32.2. The number of nitrogens with one attached hydrogen (secondary N) is 1. The van der Waals surface area contributed by atoms with Gasteiger partial charge in [-0.25, -0.2) is 13.1 Å². The first kappa shape index (κ1) is 21.9. The van der Waals surface area contributed by atoms with Gasteiger partial charge in [0, 0.05) is 25.2 Å². The van der Waals surface area contributed by atoms with Crippen molar-refractivity contribution in [3.8, 4) is 17.2 Å². The molecule has 3 rings (SSSR count). The van der Waals surface area contributed by atoms with Crippen molar-refractivity contribution in [3.05, 3.63) is 41.5 Å². The Hall–Kier alpha value is -2.78. The van der Waals surface area contributed by atoms with Crippen molar-refractivity contribution >= 4 is 21.6 Å². The minimum absolute atomic E-state index is 0.0323. The van der Waals surface area contributed by atoms with Gasteiger partial charge in [0.1, 0.15) is 0 Å². The molecule has 0 atom stereocenters. The predicted molar refractivity (Wildman–Crippen MR) is 113 cm³/mol. The quantitative estimate of drug-likeness (QED) is 0.686. The van der Waals surface area contributed by atoms with E-state index in [0.717, 1.165) is 11.3 Å². The summed E-state index contributed by atoms with van der Waals surface area (Å²) in [5, 5.41) is 0. The van der Waals surface area contributed by atoms with Gasteiger partial charge in [-0.2, -0.15) is 0 Å². The second kappa shape index (κ2) is 8.93. The lowest BCUT2D eigenvalue weighted by Crippen LogP contribution is -2.27. The lowest BCUT2D eigenvalue weighted by atomic mass is 10.2. The summed E-state index contributed by atoms with van der Waals surface area (Å²) in [6, 6.07) is 8.25. The molecule has 1 heterocycles. The van der Waals surface area contributed by atoms with Gasteiger partial charge in [-0.3, -0.25) is 4.79 Å². The number of rotatable bonds is 8. The SMILES string of the molecule is CCC(=O)N1CCc2cc(S(=O)(=O)NCc3cc(OC)c(OC)c(OC)c3)ccc21. The number of amides is 1. The maximum Gasteiger partial charge on any atom is 0.240 e. The van der Waals surface area contributed by atoms with Gasteiger partial charge < -0.3 is 19.1 Å². The van der Waals surface area contributed by atoms with E-state index in [4.69, 9.17) is 14.2 Å². The molecule has 30 heavy (non-hydrogen) atoms. The molecule has 0 spiro atoms. The molecule has 0 saturated carbocycles. The average molecular weight is 435 g/mol. The fourth-order valence-electron chi connectivity index (χ4n) is 3.49. The van der Waals surface area contributed by atoms with Crippen LogP contribution < -0.4 is 23.8 Å². The standard InChI is InChI=1S/C21H26N2O6S/c1-5-20(24)23-9-8-15-12-16(6-7-17(15)23)30(25,26)22-13-14-10-18(27-2)21(29-4)19(11-14)28-3/h6-7,10-12,22H,5,8-9,13H2,1-4H3. The van der Waals surface area contributed by atoms with Gasteiger partial charge in [-0.15, -0.1) is 0 Å². The first-order valence-electron chi connectivity index (χ1n) is 9.56. The summed E-state index contributed by atoms with van der Waals surface area (Å²) in [5.74, 6) is 1.37. The van der Waals surface area contributed by atoms with Crippen LogP contribution in [-0.4, -0.2) is 42.2 Å². The van der Waals surface area contributed by atoms with E-state index in [1.807, 2.05) is 6.92 Å². The smallest absolute Gasteiger partial charge is 0.240 e. The van der Waals surface area contributed by atoms with Gasteiger partial charge in [0.25, 0.3) is 0 Å². The summed E-state index contributed by atoms with van der Waals surface area (Å²) < 4.78 is 44.2. The van der Waals surface area contributed by atoms with E-state index in [9.17, 15) is 13.2 Å². The Labute approximate surface area is 176 Å². The molecule has 1 N–H and O–H groups in total. The monoisotopic (exact) mass is 434 g/mol. The molecule has 2 aromatic carbocycles. The first-order chi connectivity index (χ1) is 14.3. The summed E-state index contributed by atoms with van der Waals surface area (Å²) in [5.41, 5.74) is 2.30. The largest absolute Gasteiger partial charge is 0.493 e. The number of nitrogens with zero attached hydrogens (tertiary/aromatic N) is 1. The second-order valence-corrected chi connectivity index (χ2v) is 8.56. The zero-order valence-corrected chi connectivity index (χ0v) is 18.3. The van der Waals surface area contributed by atoms with Crippen LogP contribution >= 0.6 is 0 Å². The molecular weight excluding hydrogens is 408 g/mol. The van der Waals surface area contributed by atoms with Crippen molar-refractivity contribution in [2.45, 2.75) is 31.2 Å². The highest BCUT2D eigenvalue weighted by Gasteiger charge is 2.26. The summed E-state index contributed by atoms with van der Waals surface area (Å²) in [4.78, 5) is 13.9. The molecule has 0 fully saturated rings. The molecule has 8 nitrogen and oxygen atoms in total. The number of fused-ring (bicyclic) bond motifs is 1. The van der Waals surface area contributed by atoms with E-state index in [2.05, 4.69) is 4.72 Å². The summed E-state index contributed by atoms with van der Waals surface area (Å²) >= 11 is 0. The topological polar surface area (TPSA) is 94.2 Å². The van der Waals surface area contributed by atoms with E-state index < -0.39 is 10.0 Å². The molecule has 1 amide bonds. The van der Waals surface area contributed by atoms with Crippen LogP contribution in [0, 0.1) is 0 Å². The molecule has 9 heteroatoms. The van der Waals surface area contributed by atoms with Crippen LogP contribution in [0.5, 0.6) is 17.2 Å². The van der Waals surface area contributed by atoms with E-state index in [1.165, 1.54) is 27.4 Å². The van der Waals surface area contributed by atoms with Gasteiger partial charge in [-0.05, 0) is 47.9 Å². The summed E-state index contributed by atoms with van der Waals surface area (Å²) in [6.07, 6.45) is 1.05. The average Bonchev–Trinajstić information content (AvgIpc) is 3.19. The molecule has 0 aliphatic carbocycles. The zero-order chi connectivity index (χ0) is 21.9. The number of carbonyl (C=O) groups is 1. The fourth-order valence-corrected chi connectivity index (χ4v) is 4.56. The molecule has 0 unspecified atom stereocenters. The lowest BCUT2D eigenvalue weighted by Gasteiger charge is -2.17. The normalized spacial score (nSPS) is 13.1. The van der Waals surface area contributed by atoms with E-state index in [1.54, 1.807) is 29.2 Å². The van der Waals surface area contributed by atoms with Crippen LogP contribution in [0.1, 0.15) is 24.5 Å². The number of benzene rings is 2. The van der Waals surface area contributed by atoms with Crippen molar-refractivity contribution in [1.82, 2.24) is 4.72 Å². The number of anilines is 1. The molecule has 0 aromatic heterocycles. The van der Waals surface area contributed by atoms with Gasteiger partial charge >= 0.3 is 0 Å². The van der Waals surface area contributed by atoms with Gasteiger partial charge in [0.2, 0.25) is 21.7 Å². The molecular formula is C21H26N2O6S. The Morgan fingerprint density at radius 2 is 1.73 bits per heavy atom. The Morgan fingerprint density at radius 3 is 2.30 bits per heavy atom. The van der Waals surface area contributed by atoms with Gasteiger partial charge in [-0.1, -0.05) is 6.92 Å². The number of sulfonamides is 1. The Balaban J connectivity index is 1.81. The number of methoxy groups -OCH3 is 3. The van der Waals surface area contributed by atoms with Crippen molar-refractivity contribution in [3.63, 3.8) is 0 Å². The van der Waals surface area contributed by atoms with E-state index in [0.29, 0.717) is 42.2 Å². The van der Waals surface area contributed by atoms with Crippen molar-refractivity contribution in [2.75, 3.05) is 32.8 Å². The number of ether oxygens (including phenoxy) is 3. The zero-order valence-electron chi connectivity index (χ0n) is 17.5. The highest BCUT2D eigenvalue weighted by molar-refractivity contribution is 7.89. The van der Waals surface area contributed by atoms with Crippen LogP contribution in [0.3, 0.4) is 0 Å². The molecule has 0 bridgehead atoms. The predicted octanol–water partition coefficient (Wildman–Crippen LogP) is 2.49. The van der Waals surface area contributed by atoms with Crippen LogP contribution in [0.25, 0.3) is 0 Å². The summed E-state index contributed by atoms with van der Waals surface area (Å²) in [7, 11) is 0.766. The maximum atomic E-state index is 12.8. The third-order valence-electron chi connectivity index (χ3n) is 5.05. The number of hydrogen-bond donors (Lipinski definition) is 1.